The SMILES string of the molecule is CCCCCCCC/C=C\CCCCCCCCNC(=O)C(CN)NC(C)=O. The maximum Gasteiger partial charge on any atom is 0.243 e. The minimum Gasteiger partial charge on any atom is -0.354 e. The lowest BCUT2D eigenvalue weighted by Crippen LogP contribution is -2.50. The number of rotatable bonds is 19. The van der Waals surface area contributed by atoms with E-state index in [1.54, 1.807) is 0 Å². The molecule has 0 heterocycles. The van der Waals surface area contributed by atoms with Crippen LogP contribution >= 0.6 is 0 Å². The van der Waals surface area contributed by atoms with Crippen molar-refractivity contribution in [2.24, 2.45) is 5.73 Å². The van der Waals surface area contributed by atoms with Crippen molar-refractivity contribution in [3.8, 4) is 0 Å². The molecule has 1 unspecified atom stereocenters. The Morgan fingerprint density at radius 2 is 1.32 bits per heavy atom. The van der Waals surface area contributed by atoms with E-state index in [0.29, 0.717) is 6.54 Å². The summed E-state index contributed by atoms with van der Waals surface area (Å²) < 4.78 is 0. The van der Waals surface area contributed by atoms with Gasteiger partial charge in [-0.1, -0.05) is 76.9 Å². The molecule has 0 aliphatic heterocycles. The first-order valence-electron chi connectivity index (χ1n) is 11.5. The number of unbranched alkanes of at least 4 members (excludes halogenated alkanes) is 12. The standard InChI is InChI=1S/C23H45N3O2/c1-3-4-5-6-7-8-9-10-11-12-13-14-15-16-17-18-19-25-23(28)22(20-24)26-21(2)27/h10-11,22H,3-9,12-20,24H2,1-2H3,(H,25,28)(H,26,27)/b11-10-. The van der Waals surface area contributed by atoms with E-state index in [1.807, 2.05) is 0 Å². The van der Waals surface area contributed by atoms with E-state index in [0.717, 1.165) is 12.8 Å². The summed E-state index contributed by atoms with van der Waals surface area (Å²) in [5.74, 6) is -0.423. The fraction of sp³-hybridized carbons (Fsp3) is 0.826. The second-order valence-corrected chi connectivity index (χ2v) is 7.72. The highest BCUT2D eigenvalue weighted by molar-refractivity contribution is 5.86. The Bertz CT molecular complexity index is 411. The Labute approximate surface area is 173 Å². The third kappa shape index (κ3) is 18.0. The van der Waals surface area contributed by atoms with Crippen molar-refractivity contribution in [1.82, 2.24) is 10.6 Å². The molecule has 5 nitrogen and oxygen atoms in total. The molecule has 0 aliphatic carbocycles. The molecule has 0 bridgehead atoms. The molecule has 28 heavy (non-hydrogen) atoms. The summed E-state index contributed by atoms with van der Waals surface area (Å²) in [6.45, 7) is 4.43. The van der Waals surface area contributed by atoms with Gasteiger partial charge in [0.15, 0.2) is 0 Å². The summed E-state index contributed by atoms with van der Waals surface area (Å²) in [7, 11) is 0. The van der Waals surface area contributed by atoms with E-state index in [9.17, 15) is 9.59 Å². The molecule has 1 atom stereocenters. The molecule has 0 saturated heterocycles. The summed E-state index contributed by atoms with van der Waals surface area (Å²) in [5, 5.41) is 5.40. The predicted molar refractivity (Wildman–Crippen MR) is 119 cm³/mol. The van der Waals surface area contributed by atoms with E-state index in [1.165, 1.54) is 84.0 Å². The van der Waals surface area contributed by atoms with Crippen LogP contribution in [0.4, 0.5) is 0 Å². The van der Waals surface area contributed by atoms with Crippen molar-refractivity contribution < 1.29 is 9.59 Å². The largest absolute Gasteiger partial charge is 0.354 e. The highest BCUT2D eigenvalue weighted by Crippen LogP contribution is 2.09. The van der Waals surface area contributed by atoms with Gasteiger partial charge in [0.05, 0.1) is 0 Å². The zero-order chi connectivity index (χ0) is 20.9. The average molecular weight is 396 g/mol. The van der Waals surface area contributed by atoms with Gasteiger partial charge in [0, 0.05) is 20.0 Å². The first-order chi connectivity index (χ1) is 13.6. The fourth-order valence-electron chi connectivity index (χ4n) is 3.18. The minimum atomic E-state index is -0.619. The topological polar surface area (TPSA) is 84.2 Å². The number of carbonyl (C=O) groups is 2. The number of nitrogens with one attached hydrogen (secondary N) is 2. The third-order valence-corrected chi connectivity index (χ3v) is 4.92. The lowest BCUT2D eigenvalue weighted by molar-refractivity contribution is -0.127. The van der Waals surface area contributed by atoms with E-state index >= 15 is 0 Å². The number of allylic oxidation sites excluding steroid dienone is 2. The van der Waals surface area contributed by atoms with Crippen molar-refractivity contribution in [3.63, 3.8) is 0 Å². The van der Waals surface area contributed by atoms with E-state index < -0.39 is 6.04 Å². The summed E-state index contributed by atoms with van der Waals surface area (Å²) in [6.07, 6.45) is 22.5. The zero-order valence-corrected chi connectivity index (χ0v) is 18.4. The molecule has 0 aliphatic rings. The Hall–Kier alpha value is -1.36. The van der Waals surface area contributed by atoms with Crippen molar-refractivity contribution in [2.45, 2.75) is 110 Å². The predicted octanol–water partition coefficient (Wildman–Crippen LogP) is 4.60. The molecule has 0 aromatic carbocycles. The number of hydrogen-bond donors (Lipinski definition) is 3. The van der Waals surface area contributed by atoms with Gasteiger partial charge in [0.2, 0.25) is 11.8 Å². The highest BCUT2D eigenvalue weighted by Gasteiger charge is 2.16. The monoisotopic (exact) mass is 395 g/mol. The van der Waals surface area contributed by atoms with Gasteiger partial charge >= 0.3 is 0 Å². The Kier molecular flexibility index (Phi) is 19.4. The number of amides is 2. The molecule has 164 valence electrons. The molecular formula is C23H45N3O2. The van der Waals surface area contributed by atoms with Gasteiger partial charge in [-0.3, -0.25) is 9.59 Å². The maximum atomic E-state index is 11.9. The van der Waals surface area contributed by atoms with Gasteiger partial charge in [-0.15, -0.1) is 0 Å². The smallest absolute Gasteiger partial charge is 0.243 e. The molecule has 0 fully saturated rings. The average Bonchev–Trinajstić information content (AvgIpc) is 2.68. The molecule has 0 radical (unpaired) electrons. The molecule has 0 aromatic heterocycles. The van der Waals surface area contributed by atoms with Crippen molar-refractivity contribution >= 4 is 11.8 Å². The molecular weight excluding hydrogens is 350 g/mol. The second kappa shape index (κ2) is 20.4. The van der Waals surface area contributed by atoms with Crippen molar-refractivity contribution in [2.75, 3.05) is 13.1 Å². The van der Waals surface area contributed by atoms with Crippen LogP contribution in [0.1, 0.15) is 104 Å². The minimum absolute atomic E-state index is 0.124. The van der Waals surface area contributed by atoms with Crippen LogP contribution < -0.4 is 16.4 Å². The highest BCUT2D eigenvalue weighted by atomic mass is 16.2. The lowest BCUT2D eigenvalue weighted by Gasteiger charge is -2.15. The summed E-state index contributed by atoms with van der Waals surface area (Å²) >= 11 is 0. The quantitative estimate of drug-likeness (QED) is 0.221. The first kappa shape index (κ1) is 26.6. The first-order valence-corrected chi connectivity index (χ1v) is 11.5. The number of hydrogen-bond acceptors (Lipinski definition) is 3. The van der Waals surface area contributed by atoms with Crippen LogP contribution in [0, 0.1) is 0 Å². The molecule has 0 aromatic rings. The Morgan fingerprint density at radius 1 is 0.821 bits per heavy atom. The Balaban J connectivity index is 3.36. The van der Waals surface area contributed by atoms with Crippen LogP contribution in [0.25, 0.3) is 0 Å². The maximum absolute atomic E-state index is 11.9. The van der Waals surface area contributed by atoms with Gasteiger partial charge in [0.1, 0.15) is 6.04 Å². The van der Waals surface area contributed by atoms with E-state index in [4.69, 9.17) is 5.73 Å². The lowest BCUT2D eigenvalue weighted by atomic mass is 10.1. The van der Waals surface area contributed by atoms with E-state index in [2.05, 4.69) is 29.7 Å². The van der Waals surface area contributed by atoms with E-state index in [-0.39, 0.29) is 18.4 Å². The van der Waals surface area contributed by atoms with Gasteiger partial charge < -0.3 is 16.4 Å². The number of nitrogens with two attached hydrogens (primary N) is 1. The summed E-state index contributed by atoms with van der Waals surface area (Å²) in [6, 6.07) is -0.619. The van der Waals surface area contributed by atoms with Gasteiger partial charge in [-0.25, -0.2) is 0 Å². The van der Waals surface area contributed by atoms with Crippen LogP contribution in [0.5, 0.6) is 0 Å². The van der Waals surface area contributed by atoms with Gasteiger partial charge in [0.25, 0.3) is 0 Å². The van der Waals surface area contributed by atoms with Gasteiger partial charge in [-0.2, -0.15) is 0 Å². The summed E-state index contributed by atoms with van der Waals surface area (Å²) in [4.78, 5) is 22.9. The third-order valence-electron chi connectivity index (χ3n) is 4.92. The van der Waals surface area contributed by atoms with Crippen LogP contribution in [0.2, 0.25) is 0 Å². The molecule has 0 saturated carbocycles. The second-order valence-electron chi connectivity index (χ2n) is 7.72. The number of carbonyl (C=O) groups excluding carboxylic acids is 2. The molecule has 4 N–H and O–H groups in total. The van der Waals surface area contributed by atoms with Gasteiger partial charge in [-0.05, 0) is 32.1 Å². The fourth-order valence-corrected chi connectivity index (χ4v) is 3.18. The zero-order valence-electron chi connectivity index (χ0n) is 18.4. The molecule has 0 rings (SSSR count). The Morgan fingerprint density at radius 3 is 1.82 bits per heavy atom. The van der Waals surface area contributed by atoms with Crippen molar-refractivity contribution in [3.05, 3.63) is 12.2 Å². The van der Waals surface area contributed by atoms with Crippen LogP contribution in [-0.4, -0.2) is 30.9 Å². The van der Waals surface area contributed by atoms with Crippen molar-refractivity contribution in [1.29, 1.82) is 0 Å². The van der Waals surface area contributed by atoms with Crippen LogP contribution in [0.3, 0.4) is 0 Å². The van der Waals surface area contributed by atoms with Crippen LogP contribution in [-0.2, 0) is 9.59 Å². The molecule has 5 heteroatoms. The van der Waals surface area contributed by atoms with Crippen LogP contribution in [0.15, 0.2) is 12.2 Å². The normalized spacial score (nSPS) is 12.2. The summed E-state index contributed by atoms with van der Waals surface area (Å²) in [5.41, 5.74) is 5.51. The molecule has 2 amide bonds. The molecule has 0 spiro atoms.